The summed E-state index contributed by atoms with van der Waals surface area (Å²) in [5, 5.41) is 13.7. The molecule has 154 valence electrons. The summed E-state index contributed by atoms with van der Waals surface area (Å²) < 4.78 is 0. The quantitative estimate of drug-likeness (QED) is 0.409. The van der Waals surface area contributed by atoms with Gasteiger partial charge in [0, 0.05) is 23.0 Å². The molecule has 2 aromatic carbocycles. The second kappa shape index (κ2) is 9.04. The molecule has 0 aliphatic carbocycles. The number of fused-ring (bicyclic) bond motifs is 1. The van der Waals surface area contributed by atoms with E-state index in [1.165, 1.54) is 0 Å². The number of pyridine rings is 1. The van der Waals surface area contributed by atoms with Crippen LogP contribution in [0.4, 0.5) is 11.4 Å². The van der Waals surface area contributed by atoms with Crippen molar-refractivity contribution >= 4 is 46.2 Å². The Morgan fingerprint density at radius 3 is 2.48 bits per heavy atom. The van der Waals surface area contributed by atoms with Gasteiger partial charge in [-0.25, -0.2) is 0 Å². The van der Waals surface area contributed by atoms with Crippen LogP contribution in [0.25, 0.3) is 23.1 Å². The molecule has 0 radical (unpaired) electrons. The van der Waals surface area contributed by atoms with Gasteiger partial charge in [0.05, 0.1) is 16.9 Å². The predicted octanol–water partition coefficient (Wildman–Crippen LogP) is 4.40. The normalized spacial score (nSPS) is 11.0. The SMILES string of the molecule is Cc1cccc(NC(=O)CC(=O)Nc2ccc3c(/C=C/c4ccccn4)n[nH]c3c2)c1. The van der Waals surface area contributed by atoms with Gasteiger partial charge in [-0.3, -0.25) is 19.7 Å². The van der Waals surface area contributed by atoms with Crippen molar-refractivity contribution in [2.24, 2.45) is 0 Å². The Morgan fingerprint density at radius 2 is 1.74 bits per heavy atom. The third kappa shape index (κ3) is 5.22. The molecule has 0 saturated heterocycles. The molecule has 0 saturated carbocycles. The first kappa shape index (κ1) is 20.0. The lowest BCUT2D eigenvalue weighted by atomic mass is 10.1. The largest absolute Gasteiger partial charge is 0.326 e. The van der Waals surface area contributed by atoms with Crippen molar-refractivity contribution in [1.29, 1.82) is 0 Å². The van der Waals surface area contributed by atoms with Crippen LogP contribution in [0, 0.1) is 6.92 Å². The van der Waals surface area contributed by atoms with Gasteiger partial charge in [0.2, 0.25) is 11.8 Å². The van der Waals surface area contributed by atoms with E-state index in [2.05, 4.69) is 25.8 Å². The molecule has 0 spiro atoms. The third-order valence-corrected chi connectivity index (χ3v) is 4.60. The molecule has 0 aliphatic heterocycles. The lowest BCUT2D eigenvalue weighted by Crippen LogP contribution is -2.21. The molecular formula is C24H21N5O2. The smallest absolute Gasteiger partial charge is 0.233 e. The van der Waals surface area contributed by atoms with Crippen LogP contribution in [0.5, 0.6) is 0 Å². The maximum atomic E-state index is 12.3. The van der Waals surface area contributed by atoms with E-state index in [0.717, 1.165) is 27.9 Å². The van der Waals surface area contributed by atoms with Crippen molar-refractivity contribution < 1.29 is 9.59 Å². The lowest BCUT2D eigenvalue weighted by molar-refractivity contribution is -0.123. The number of nitrogens with zero attached hydrogens (tertiary/aromatic N) is 2. The Hall–Kier alpha value is -4.26. The predicted molar refractivity (Wildman–Crippen MR) is 122 cm³/mol. The number of nitrogens with one attached hydrogen (secondary N) is 3. The zero-order valence-electron chi connectivity index (χ0n) is 16.9. The zero-order chi connectivity index (χ0) is 21.6. The van der Waals surface area contributed by atoms with Gasteiger partial charge in [0.15, 0.2) is 0 Å². The highest BCUT2D eigenvalue weighted by atomic mass is 16.2. The molecule has 7 heteroatoms. The van der Waals surface area contributed by atoms with Crippen LogP contribution < -0.4 is 10.6 Å². The van der Waals surface area contributed by atoms with E-state index in [1.807, 2.05) is 61.5 Å². The number of aromatic nitrogens is 3. The third-order valence-electron chi connectivity index (χ3n) is 4.60. The van der Waals surface area contributed by atoms with Crippen LogP contribution >= 0.6 is 0 Å². The van der Waals surface area contributed by atoms with Crippen LogP contribution in [0.15, 0.2) is 66.9 Å². The lowest BCUT2D eigenvalue weighted by Gasteiger charge is -2.07. The summed E-state index contributed by atoms with van der Waals surface area (Å²) in [5.41, 5.74) is 4.68. The van der Waals surface area contributed by atoms with E-state index in [1.54, 1.807) is 24.4 Å². The van der Waals surface area contributed by atoms with E-state index in [9.17, 15) is 9.59 Å². The minimum Gasteiger partial charge on any atom is -0.326 e. The van der Waals surface area contributed by atoms with E-state index < -0.39 is 0 Å². The van der Waals surface area contributed by atoms with Gasteiger partial charge >= 0.3 is 0 Å². The maximum absolute atomic E-state index is 12.3. The number of carbonyl (C=O) groups is 2. The van der Waals surface area contributed by atoms with Gasteiger partial charge in [0.1, 0.15) is 6.42 Å². The van der Waals surface area contributed by atoms with Crippen molar-refractivity contribution in [2.45, 2.75) is 13.3 Å². The average Bonchev–Trinajstić information content (AvgIpc) is 3.15. The number of benzene rings is 2. The second-order valence-electron chi connectivity index (χ2n) is 7.10. The number of amides is 2. The highest BCUT2D eigenvalue weighted by Gasteiger charge is 2.11. The Morgan fingerprint density at radius 1 is 0.935 bits per heavy atom. The minimum atomic E-state index is -0.390. The first-order valence-electron chi connectivity index (χ1n) is 9.80. The summed E-state index contributed by atoms with van der Waals surface area (Å²) in [6.07, 6.45) is 5.23. The van der Waals surface area contributed by atoms with Crippen molar-refractivity contribution in [3.05, 3.63) is 83.8 Å². The number of anilines is 2. The molecule has 4 rings (SSSR count). The Balaban J connectivity index is 1.39. The van der Waals surface area contributed by atoms with Gasteiger partial charge in [-0.2, -0.15) is 5.10 Å². The first-order valence-corrected chi connectivity index (χ1v) is 9.80. The Labute approximate surface area is 179 Å². The topological polar surface area (TPSA) is 99.8 Å². The Bertz CT molecular complexity index is 1260. The molecule has 0 unspecified atom stereocenters. The summed E-state index contributed by atoms with van der Waals surface area (Å²) >= 11 is 0. The standard InChI is InChI=1S/C24H21N5O2/c1-16-5-4-7-18(13-16)26-23(30)15-24(31)27-19-8-10-20-21(28-29-22(20)14-19)11-9-17-6-2-3-12-25-17/h2-14H,15H2,1H3,(H,26,30)(H,27,31)(H,28,29)/b11-9+. The molecule has 4 aromatic rings. The summed E-state index contributed by atoms with van der Waals surface area (Å²) in [6.45, 7) is 1.94. The van der Waals surface area contributed by atoms with Crippen LogP contribution in [0.2, 0.25) is 0 Å². The van der Waals surface area contributed by atoms with E-state index in [-0.39, 0.29) is 18.2 Å². The van der Waals surface area contributed by atoms with Gasteiger partial charge < -0.3 is 10.6 Å². The van der Waals surface area contributed by atoms with Crippen LogP contribution in [0.3, 0.4) is 0 Å². The molecule has 0 bridgehead atoms. The van der Waals surface area contributed by atoms with Crippen LogP contribution in [0.1, 0.15) is 23.4 Å². The average molecular weight is 411 g/mol. The number of aromatic amines is 1. The molecule has 0 atom stereocenters. The number of aryl methyl sites for hydroxylation is 1. The van der Waals surface area contributed by atoms with Crippen molar-refractivity contribution in [3.8, 4) is 0 Å². The highest BCUT2D eigenvalue weighted by molar-refractivity contribution is 6.08. The molecule has 2 heterocycles. The summed E-state index contributed by atoms with van der Waals surface area (Å²) in [5.74, 6) is -0.757. The van der Waals surface area contributed by atoms with Gasteiger partial charge in [0.25, 0.3) is 0 Å². The fourth-order valence-corrected chi connectivity index (χ4v) is 3.16. The summed E-state index contributed by atoms with van der Waals surface area (Å²) in [6, 6.07) is 18.6. The second-order valence-corrected chi connectivity index (χ2v) is 7.10. The number of hydrogen-bond donors (Lipinski definition) is 3. The van der Waals surface area contributed by atoms with E-state index in [0.29, 0.717) is 11.4 Å². The first-order chi connectivity index (χ1) is 15.1. The van der Waals surface area contributed by atoms with E-state index >= 15 is 0 Å². The zero-order valence-corrected chi connectivity index (χ0v) is 16.9. The van der Waals surface area contributed by atoms with Crippen LogP contribution in [-0.4, -0.2) is 27.0 Å². The maximum Gasteiger partial charge on any atom is 0.233 e. The molecule has 7 nitrogen and oxygen atoms in total. The molecular weight excluding hydrogens is 390 g/mol. The molecule has 0 aliphatic rings. The number of H-pyrrole nitrogens is 1. The van der Waals surface area contributed by atoms with Crippen LogP contribution in [-0.2, 0) is 9.59 Å². The van der Waals surface area contributed by atoms with E-state index in [4.69, 9.17) is 0 Å². The highest BCUT2D eigenvalue weighted by Crippen LogP contribution is 2.22. The van der Waals surface area contributed by atoms with Gasteiger partial charge in [-0.1, -0.05) is 18.2 Å². The number of hydrogen-bond acceptors (Lipinski definition) is 4. The minimum absolute atomic E-state index is 0.271. The number of rotatable bonds is 6. The fraction of sp³-hybridized carbons (Fsp3) is 0.0833. The fourth-order valence-electron chi connectivity index (χ4n) is 3.16. The van der Waals surface area contributed by atoms with Crippen molar-refractivity contribution in [3.63, 3.8) is 0 Å². The monoisotopic (exact) mass is 411 g/mol. The van der Waals surface area contributed by atoms with Crippen molar-refractivity contribution in [2.75, 3.05) is 10.6 Å². The molecule has 31 heavy (non-hydrogen) atoms. The Kier molecular flexibility index (Phi) is 5.84. The molecule has 2 amide bonds. The van der Waals surface area contributed by atoms with Gasteiger partial charge in [-0.05, 0) is 67.1 Å². The van der Waals surface area contributed by atoms with Crippen molar-refractivity contribution in [1.82, 2.24) is 15.2 Å². The molecule has 3 N–H and O–H groups in total. The number of carbonyl (C=O) groups excluding carboxylic acids is 2. The molecule has 2 aromatic heterocycles. The summed E-state index contributed by atoms with van der Waals surface area (Å²) in [4.78, 5) is 28.6. The summed E-state index contributed by atoms with van der Waals surface area (Å²) in [7, 11) is 0. The molecule has 0 fully saturated rings. The van der Waals surface area contributed by atoms with Gasteiger partial charge in [-0.15, -0.1) is 0 Å².